The Labute approximate surface area is 151 Å². The third kappa shape index (κ3) is 12.0. The van der Waals surface area contributed by atoms with Gasteiger partial charge in [-0.15, -0.1) is 0 Å². The molecule has 2 N–H and O–H groups in total. The fourth-order valence-corrected chi connectivity index (χ4v) is 5.47. The Bertz CT molecular complexity index is 284. The predicted octanol–water partition coefficient (Wildman–Crippen LogP) is 0.255. The number of nitrogens with zero attached hydrogens (tertiary/aromatic N) is 1. The van der Waals surface area contributed by atoms with Crippen LogP contribution in [0.15, 0.2) is 0 Å². The second-order valence-corrected chi connectivity index (χ2v) is 9.73. The molecule has 0 heterocycles. The Morgan fingerprint density at radius 1 is 0.833 bits per heavy atom. The molecule has 0 fully saturated rings. The van der Waals surface area contributed by atoms with Gasteiger partial charge in [-0.1, -0.05) is 24.9 Å². The summed E-state index contributed by atoms with van der Waals surface area (Å²) in [6, 6.07) is 1.99. The highest BCUT2D eigenvalue weighted by Crippen LogP contribution is 2.05. The van der Waals surface area contributed by atoms with Crippen molar-refractivity contribution in [1.29, 1.82) is 0 Å². The van der Waals surface area contributed by atoms with E-state index in [0.29, 0.717) is 0 Å². The zero-order valence-electron chi connectivity index (χ0n) is 15.8. The molecule has 144 valence electrons. The number of amides is 2. The molecule has 0 aromatic carbocycles. The highest BCUT2D eigenvalue weighted by molar-refractivity contribution is 6.36. The summed E-state index contributed by atoms with van der Waals surface area (Å²) in [6.45, 7) is 1.48. The molecular weight excluding hydrogens is 344 g/mol. The van der Waals surface area contributed by atoms with Crippen LogP contribution in [0.2, 0.25) is 12.1 Å². The molecule has 0 unspecified atom stereocenters. The number of rotatable bonds is 16. The largest absolute Gasteiger partial charge is 0.360 e. The summed E-state index contributed by atoms with van der Waals surface area (Å²) in [5, 5.41) is 0. The van der Waals surface area contributed by atoms with Gasteiger partial charge in [-0.2, -0.15) is 0 Å². The summed E-state index contributed by atoms with van der Waals surface area (Å²) >= 11 is 0. The highest BCUT2D eigenvalue weighted by atomic mass is 28.2. The lowest BCUT2D eigenvalue weighted by Gasteiger charge is -2.20. The van der Waals surface area contributed by atoms with Crippen molar-refractivity contribution in [2.45, 2.75) is 49.6 Å². The van der Waals surface area contributed by atoms with Crippen LogP contribution >= 0.6 is 0 Å². The third-order valence-corrected chi connectivity index (χ3v) is 8.19. The SMILES string of the molecule is COC(OC)[SiH2]CCCCN(CCCC[SiH2]C(OC)OC)C(N)=O. The summed E-state index contributed by atoms with van der Waals surface area (Å²) < 4.78 is 20.9. The average Bonchev–Trinajstić information content (AvgIpc) is 2.59. The molecule has 2 amide bonds. The number of ether oxygens (including phenoxy) is 4. The first-order valence-corrected chi connectivity index (χ1v) is 12.4. The van der Waals surface area contributed by atoms with Crippen LogP contribution in [0, 0.1) is 0 Å². The summed E-state index contributed by atoms with van der Waals surface area (Å²) in [6.07, 6.45) is 4.16. The van der Waals surface area contributed by atoms with Gasteiger partial charge in [0.25, 0.3) is 0 Å². The molecule has 0 aromatic heterocycles. The van der Waals surface area contributed by atoms with Crippen molar-refractivity contribution in [3.8, 4) is 0 Å². The quantitative estimate of drug-likeness (QED) is 0.236. The molecular formula is C15H36N2O5Si2. The van der Waals surface area contributed by atoms with Crippen molar-refractivity contribution < 1.29 is 23.7 Å². The minimum Gasteiger partial charge on any atom is -0.360 e. The number of primary amides is 1. The molecule has 0 saturated heterocycles. The minimum atomic E-state index is -0.373. The summed E-state index contributed by atoms with van der Waals surface area (Å²) in [5.74, 6) is 0.00822. The number of methoxy groups -OCH3 is 4. The Morgan fingerprint density at radius 3 is 1.50 bits per heavy atom. The maximum atomic E-state index is 11.5. The van der Waals surface area contributed by atoms with Gasteiger partial charge in [0.15, 0.2) is 0 Å². The van der Waals surface area contributed by atoms with Gasteiger partial charge in [0.05, 0.1) is 19.0 Å². The molecule has 0 radical (unpaired) electrons. The number of unbranched alkanes of at least 4 members (excludes halogenated alkanes) is 2. The van der Waals surface area contributed by atoms with E-state index in [1.54, 1.807) is 33.3 Å². The van der Waals surface area contributed by atoms with E-state index in [2.05, 4.69) is 0 Å². The maximum absolute atomic E-state index is 11.5. The summed E-state index contributed by atoms with van der Waals surface area (Å²) in [5.41, 5.74) is 5.47. The van der Waals surface area contributed by atoms with Gasteiger partial charge >= 0.3 is 6.03 Å². The average molecular weight is 381 g/mol. The van der Waals surface area contributed by atoms with E-state index in [1.807, 2.05) is 0 Å². The van der Waals surface area contributed by atoms with Crippen molar-refractivity contribution in [2.75, 3.05) is 41.5 Å². The minimum absolute atomic E-state index is 0.00411. The molecule has 0 bridgehead atoms. The zero-order chi connectivity index (χ0) is 18.2. The Kier molecular flexibility index (Phi) is 15.7. The van der Waals surface area contributed by atoms with Crippen LogP contribution in [0.5, 0.6) is 0 Å². The molecule has 0 aromatic rings. The fourth-order valence-electron chi connectivity index (χ4n) is 2.58. The molecule has 0 atom stereocenters. The van der Waals surface area contributed by atoms with Gasteiger partial charge in [0.1, 0.15) is 11.8 Å². The number of carbonyl (C=O) groups excluding carboxylic acids is 1. The number of carbonyl (C=O) groups is 1. The molecule has 0 spiro atoms. The topological polar surface area (TPSA) is 83.2 Å². The van der Waals surface area contributed by atoms with Crippen LogP contribution in [0.1, 0.15) is 25.7 Å². The van der Waals surface area contributed by atoms with Gasteiger partial charge in [-0.25, -0.2) is 4.79 Å². The van der Waals surface area contributed by atoms with E-state index < -0.39 is 0 Å². The number of hydrogen-bond donors (Lipinski definition) is 1. The van der Waals surface area contributed by atoms with E-state index in [9.17, 15) is 4.79 Å². The van der Waals surface area contributed by atoms with Gasteiger partial charge in [0, 0.05) is 41.5 Å². The van der Waals surface area contributed by atoms with Gasteiger partial charge < -0.3 is 29.6 Å². The standard InChI is InChI=1S/C15H36N2O5Si2/c1-19-14(20-2)23-11-7-5-9-17(13(16)18)10-6-8-12-24-15(21-3)22-4/h14-15H,5-12,23-24H2,1-4H3,(H2,16,18). The normalized spacial score (nSPS) is 12.4. The Morgan fingerprint density at radius 2 is 1.21 bits per heavy atom. The van der Waals surface area contributed by atoms with Crippen molar-refractivity contribution in [3.05, 3.63) is 0 Å². The van der Waals surface area contributed by atoms with Crippen molar-refractivity contribution in [2.24, 2.45) is 5.73 Å². The lowest BCUT2D eigenvalue weighted by Crippen LogP contribution is -2.37. The second-order valence-electron chi connectivity index (χ2n) is 5.83. The van der Waals surface area contributed by atoms with Crippen molar-refractivity contribution >= 4 is 25.1 Å². The van der Waals surface area contributed by atoms with Crippen LogP contribution in [0.4, 0.5) is 4.79 Å². The number of nitrogens with two attached hydrogens (primary N) is 1. The Balaban J connectivity index is 3.76. The first-order chi connectivity index (χ1) is 11.6. The maximum Gasteiger partial charge on any atom is 0.314 e. The van der Waals surface area contributed by atoms with Crippen LogP contribution < -0.4 is 5.73 Å². The van der Waals surface area contributed by atoms with E-state index in [-0.39, 0.29) is 36.9 Å². The lowest BCUT2D eigenvalue weighted by molar-refractivity contribution is -0.0442. The second kappa shape index (κ2) is 16.0. The summed E-state index contributed by atoms with van der Waals surface area (Å²) in [7, 11) is 5.98. The number of urea groups is 1. The van der Waals surface area contributed by atoms with Crippen LogP contribution in [-0.2, 0) is 18.9 Å². The summed E-state index contributed by atoms with van der Waals surface area (Å²) in [4.78, 5) is 13.3. The molecule has 0 aliphatic heterocycles. The smallest absolute Gasteiger partial charge is 0.314 e. The van der Waals surface area contributed by atoms with E-state index >= 15 is 0 Å². The lowest BCUT2D eigenvalue weighted by atomic mass is 10.3. The molecule has 0 aliphatic carbocycles. The first-order valence-electron chi connectivity index (χ1n) is 8.74. The highest BCUT2D eigenvalue weighted by Gasteiger charge is 2.10. The first kappa shape index (κ1) is 23.5. The van der Waals surface area contributed by atoms with E-state index in [0.717, 1.165) is 50.9 Å². The monoisotopic (exact) mass is 380 g/mol. The van der Waals surface area contributed by atoms with Crippen molar-refractivity contribution in [1.82, 2.24) is 4.90 Å². The molecule has 9 heteroatoms. The van der Waals surface area contributed by atoms with Gasteiger partial charge in [0.2, 0.25) is 0 Å². The zero-order valence-corrected chi connectivity index (χ0v) is 18.6. The molecule has 0 aliphatic rings. The Hall–Kier alpha value is -0.456. The van der Waals surface area contributed by atoms with Crippen LogP contribution in [0.3, 0.4) is 0 Å². The predicted molar refractivity (Wildman–Crippen MR) is 102 cm³/mol. The number of hydrogen-bond acceptors (Lipinski definition) is 5. The molecule has 7 nitrogen and oxygen atoms in total. The third-order valence-electron chi connectivity index (χ3n) is 4.10. The molecule has 0 saturated carbocycles. The molecule has 0 rings (SSSR count). The van der Waals surface area contributed by atoms with E-state index in [1.165, 1.54) is 0 Å². The fraction of sp³-hybridized carbons (Fsp3) is 0.933. The van der Waals surface area contributed by atoms with Crippen molar-refractivity contribution in [3.63, 3.8) is 0 Å². The molecule has 24 heavy (non-hydrogen) atoms. The van der Waals surface area contributed by atoms with Gasteiger partial charge in [-0.05, 0) is 12.8 Å². The van der Waals surface area contributed by atoms with Crippen LogP contribution in [-0.4, -0.2) is 83.3 Å². The van der Waals surface area contributed by atoms with E-state index in [4.69, 9.17) is 24.7 Å². The van der Waals surface area contributed by atoms with Gasteiger partial charge in [-0.3, -0.25) is 0 Å². The van der Waals surface area contributed by atoms with Crippen LogP contribution in [0.25, 0.3) is 0 Å².